The van der Waals surface area contributed by atoms with Gasteiger partial charge in [-0.1, -0.05) is 13.8 Å². The molecule has 0 heterocycles. The van der Waals surface area contributed by atoms with Gasteiger partial charge in [0, 0.05) is 6.54 Å². The van der Waals surface area contributed by atoms with Crippen LogP contribution in [0.2, 0.25) is 0 Å². The van der Waals surface area contributed by atoms with Crippen LogP contribution in [0.4, 0.5) is 0 Å². The second kappa shape index (κ2) is 5.50. The average Bonchev–Trinajstić information content (AvgIpc) is 1.81. The Labute approximate surface area is 93.3 Å². The molecule has 66 valence electrons. The molecule has 0 aliphatic carbocycles. The molecule has 0 spiro atoms. The first-order valence-corrected chi connectivity index (χ1v) is 4.22. The van der Waals surface area contributed by atoms with E-state index < -0.39 is 0 Å². The summed E-state index contributed by atoms with van der Waals surface area (Å²) >= 11 is 0. The van der Waals surface area contributed by atoms with Gasteiger partial charge in [0.1, 0.15) is 0 Å². The minimum Gasteiger partial charge on any atom is -0.307 e. The maximum absolute atomic E-state index is 3.34. The van der Waals surface area contributed by atoms with Crippen LogP contribution in [-0.2, 0) is 6.54 Å². The summed E-state index contributed by atoms with van der Waals surface area (Å²) in [6.45, 7) is 5.19. The van der Waals surface area contributed by atoms with Crippen LogP contribution in [0.5, 0.6) is 0 Å². The number of rotatable bonds is 2. The monoisotopic (exact) mass is 169 g/mol. The summed E-state index contributed by atoms with van der Waals surface area (Å²) in [5, 5.41) is 0. The molecule has 0 aliphatic rings. The summed E-state index contributed by atoms with van der Waals surface area (Å²) in [4.78, 5) is 2.16. The maximum atomic E-state index is 3.34. The molecule has 0 unspecified atom stereocenters. The van der Waals surface area contributed by atoms with Gasteiger partial charge in [-0.15, -0.1) is 5.56 Å². The van der Waals surface area contributed by atoms with Crippen molar-refractivity contribution >= 4 is 0 Å². The normalized spacial score (nSPS) is 9.92. The van der Waals surface area contributed by atoms with E-state index in [1.807, 2.05) is 0 Å². The number of hydrogen-bond acceptors (Lipinski definition) is 1. The summed E-state index contributed by atoms with van der Waals surface area (Å²) in [7, 11) is 4.15. The zero-order valence-corrected chi connectivity index (χ0v) is 9.31. The number of nitrogens with zero attached hydrogens (tertiary/aromatic N) is 1. The van der Waals surface area contributed by atoms with Crippen molar-refractivity contribution in [1.82, 2.24) is 4.90 Å². The van der Waals surface area contributed by atoms with E-state index in [4.69, 9.17) is 0 Å². The zero-order valence-electron chi connectivity index (χ0n) is 9.31. The van der Waals surface area contributed by atoms with Crippen molar-refractivity contribution in [1.29, 1.82) is 0 Å². The molecule has 13 heavy (non-hydrogen) atoms. The molecule has 0 fully saturated rings. The predicted molar refractivity (Wildman–Crippen MR) is 52.1 cm³/mol. The third-order valence-corrected chi connectivity index (χ3v) is 1.69. The van der Waals surface area contributed by atoms with Gasteiger partial charge in [-0.25, -0.2) is 0 Å². The Morgan fingerprint density at radius 3 is 2.31 bits per heavy atom. The van der Waals surface area contributed by atoms with E-state index in [1.54, 1.807) is 0 Å². The predicted octanol–water partition coefficient (Wildman–Crippen LogP) is -0.831. The summed E-state index contributed by atoms with van der Waals surface area (Å²) in [5.41, 5.74) is 3.83. The minimum absolute atomic E-state index is 0. The smallest absolute Gasteiger partial charge is 0.307 e. The fourth-order valence-corrected chi connectivity index (χ4v) is 1.41. The van der Waals surface area contributed by atoms with Crippen molar-refractivity contribution in [3.63, 3.8) is 0 Å². The van der Waals surface area contributed by atoms with E-state index in [2.05, 4.69) is 51.0 Å². The molecule has 0 aliphatic heterocycles. The number of aryl methyl sites for hydroxylation is 2. The SMILES string of the molecule is Cc1[c-]c(CN(C)C)cc(C)c1.[Li+]. The van der Waals surface area contributed by atoms with E-state index in [0.29, 0.717) is 0 Å². The van der Waals surface area contributed by atoms with Gasteiger partial charge in [0.25, 0.3) is 0 Å². The standard InChI is InChI=1S/C11H16N.Li/c1-9-5-10(2)7-11(6-9)8-12(3)4;/h5-6H,8H2,1-4H3;/q-1;+1. The van der Waals surface area contributed by atoms with E-state index in [0.717, 1.165) is 6.54 Å². The molecule has 0 bridgehead atoms. The fourth-order valence-electron chi connectivity index (χ4n) is 1.41. The molecule has 1 aromatic rings. The third-order valence-electron chi connectivity index (χ3n) is 1.69. The zero-order chi connectivity index (χ0) is 9.14. The molecule has 0 radical (unpaired) electrons. The third kappa shape index (κ3) is 4.52. The van der Waals surface area contributed by atoms with Gasteiger partial charge < -0.3 is 4.90 Å². The van der Waals surface area contributed by atoms with Crippen LogP contribution >= 0.6 is 0 Å². The molecular weight excluding hydrogens is 153 g/mol. The van der Waals surface area contributed by atoms with E-state index in [1.165, 1.54) is 16.7 Å². The quantitative estimate of drug-likeness (QED) is 0.412. The summed E-state index contributed by atoms with van der Waals surface area (Å²) in [6, 6.07) is 7.68. The fraction of sp³-hybridized carbons (Fsp3) is 0.455. The molecule has 0 saturated carbocycles. The van der Waals surface area contributed by atoms with Crippen LogP contribution in [0.15, 0.2) is 12.1 Å². The Hall–Kier alpha value is -0.223. The molecule has 0 saturated heterocycles. The van der Waals surface area contributed by atoms with E-state index in [9.17, 15) is 0 Å². The van der Waals surface area contributed by atoms with Crippen LogP contribution in [-0.4, -0.2) is 19.0 Å². The van der Waals surface area contributed by atoms with Gasteiger partial charge >= 0.3 is 18.9 Å². The molecule has 0 amide bonds. The average molecular weight is 169 g/mol. The molecular formula is C11H16LiN. The largest absolute Gasteiger partial charge is 1.00 e. The van der Waals surface area contributed by atoms with Crippen LogP contribution in [0.3, 0.4) is 0 Å². The first kappa shape index (κ1) is 12.8. The summed E-state index contributed by atoms with van der Waals surface area (Å²) < 4.78 is 0. The topological polar surface area (TPSA) is 3.24 Å². The van der Waals surface area contributed by atoms with Crippen molar-refractivity contribution in [2.45, 2.75) is 20.4 Å². The van der Waals surface area contributed by atoms with Gasteiger partial charge in [-0.05, 0) is 14.1 Å². The molecule has 2 heteroatoms. The van der Waals surface area contributed by atoms with Gasteiger partial charge in [0.15, 0.2) is 0 Å². The second-order valence-corrected chi connectivity index (χ2v) is 3.60. The first-order chi connectivity index (χ1) is 5.58. The molecule has 0 aromatic heterocycles. The second-order valence-electron chi connectivity index (χ2n) is 3.60. The van der Waals surface area contributed by atoms with Crippen molar-refractivity contribution in [3.05, 3.63) is 34.9 Å². The van der Waals surface area contributed by atoms with Gasteiger partial charge in [0.05, 0.1) is 0 Å². The van der Waals surface area contributed by atoms with Crippen molar-refractivity contribution in [2.24, 2.45) is 0 Å². The van der Waals surface area contributed by atoms with Gasteiger partial charge in [-0.2, -0.15) is 29.3 Å². The van der Waals surface area contributed by atoms with Crippen LogP contribution in [0.25, 0.3) is 0 Å². The van der Waals surface area contributed by atoms with Crippen LogP contribution < -0.4 is 18.9 Å². The van der Waals surface area contributed by atoms with Crippen LogP contribution in [0.1, 0.15) is 16.7 Å². The molecule has 1 aromatic carbocycles. The van der Waals surface area contributed by atoms with Gasteiger partial charge in [-0.3, -0.25) is 0 Å². The molecule has 0 atom stereocenters. The maximum Gasteiger partial charge on any atom is 1.00 e. The molecule has 1 nitrogen and oxygen atoms in total. The Morgan fingerprint density at radius 1 is 1.23 bits per heavy atom. The molecule has 1 rings (SSSR count). The first-order valence-electron chi connectivity index (χ1n) is 4.22. The number of hydrogen-bond donors (Lipinski definition) is 0. The van der Waals surface area contributed by atoms with Crippen LogP contribution in [0, 0.1) is 19.9 Å². The summed E-state index contributed by atoms with van der Waals surface area (Å²) in [6.07, 6.45) is 0. The Bertz CT molecular complexity index is 249. The van der Waals surface area contributed by atoms with Crippen molar-refractivity contribution in [2.75, 3.05) is 14.1 Å². The summed E-state index contributed by atoms with van der Waals surface area (Å²) in [5.74, 6) is 0. The molecule has 0 N–H and O–H groups in total. The number of benzene rings is 1. The Kier molecular flexibility index (Phi) is 5.40. The van der Waals surface area contributed by atoms with Crippen molar-refractivity contribution < 1.29 is 18.9 Å². The van der Waals surface area contributed by atoms with E-state index in [-0.39, 0.29) is 18.9 Å². The minimum atomic E-state index is 0. The van der Waals surface area contributed by atoms with Crippen molar-refractivity contribution in [3.8, 4) is 0 Å². The van der Waals surface area contributed by atoms with E-state index >= 15 is 0 Å². The Morgan fingerprint density at radius 2 is 1.85 bits per heavy atom. The van der Waals surface area contributed by atoms with Gasteiger partial charge in [0.2, 0.25) is 0 Å². The Balaban J connectivity index is 0.00000144.